The van der Waals surface area contributed by atoms with E-state index in [0.717, 1.165) is 24.1 Å². The Morgan fingerprint density at radius 3 is 2.57 bits per heavy atom. The molecule has 1 saturated heterocycles. The van der Waals surface area contributed by atoms with Crippen LogP contribution in [-0.2, 0) is 21.4 Å². The number of esters is 1. The molecule has 0 saturated carbocycles. The van der Waals surface area contributed by atoms with Crippen molar-refractivity contribution in [3.8, 4) is 0 Å². The number of ether oxygens (including phenoxy) is 1. The quantitative estimate of drug-likeness (QED) is 0.712. The normalized spacial score (nSPS) is 15.6. The summed E-state index contributed by atoms with van der Waals surface area (Å²) in [7, 11) is 0. The number of thiophene rings is 1. The van der Waals surface area contributed by atoms with E-state index in [1.54, 1.807) is 18.3 Å². The first-order valence-electron chi connectivity index (χ1n) is 9.85. The van der Waals surface area contributed by atoms with Crippen LogP contribution in [0.2, 0.25) is 0 Å². The fraction of sp³-hybridized carbons (Fsp3) is 0.571. The molecule has 6 nitrogen and oxygen atoms in total. The summed E-state index contributed by atoms with van der Waals surface area (Å²) in [6.07, 6.45) is 2.14. The summed E-state index contributed by atoms with van der Waals surface area (Å²) in [5.74, 6) is -0.198. The molecule has 0 spiro atoms. The molecule has 3 heterocycles. The first-order chi connectivity index (χ1) is 13.3. The van der Waals surface area contributed by atoms with Gasteiger partial charge < -0.3 is 9.64 Å². The maximum absolute atomic E-state index is 12.5. The van der Waals surface area contributed by atoms with Crippen LogP contribution >= 0.6 is 11.3 Å². The highest BCUT2D eigenvalue weighted by Gasteiger charge is 2.30. The minimum absolute atomic E-state index is 0.135. The molecule has 152 valence electrons. The number of carbonyl (C=O) groups excluding carboxylic acids is 2. The fourth-order valence-corrected chi connectivity index (χ4v) is 4.25. The van der Waals surface area contributed by atoms with Gasteiger partial charge in [-0.1, -0.05) is 20.8 Å². The summed E-state index contributed by atoms with van der Waals surface area (Å²) < 4.78 is 7.12. The SMILES string of the molecule is CCOC(=O)c1cc(C(C)(C)C)n(C2CCN(C(=O)Cc3ccsc3)CC2)n1. The Hall–Kier alpha value is -2.15. The van der Waals surface area contributed by atoms with E-state index in [0.29, 0.717) is 31.8 Å². The first-order valence-corrected chi connectivity index (χ1v) is 10.8. The Morgan fingerprint density at radius 1 is 1.29 bits per heavy atom. The predicted molar refractivity (Wildman–Crippen MR) is 110 cm³/mol. The van der Waals surface area contributed by atoms with Gasteiger partial charge in [-0.2, -0.15) is 16.4 Å². The Labute approximate surface area is 170 Å². The topological polar surface area (TPSA) is 64.4 Å². The molecule has 2 aromatic rings. The van der Waals surface area contributed by atoms with Gasteiger partial charge >= 0.3 is 5.97 Å². The van der Waals surface area contributed by atoms with Crippen molar-refractivity contribution in [3.05, 3.63) is 39.8 Å². The van der Waals surface area contributed by atoms with Gasteiger partial charge in [-0.05, 0) is 48.2 Å². The predicted octanol–water partition coefficient (Wildman–Crippen LogP) is 3.83. The molecule has 0 N–H and O–H groups in total. The third kappa shape index (κ3) is 4.63. The Kier molecular flexibility index (Phi) is 6.23. The maximum Gasteiger partial charge on any atom is 0.358 e. The van der Waals surface area contributed by atoms with Crippen molar-refractivity contribution >= 4 is 23.2 Å². The number of carbonyl (C=O) groups is 2. The lowest BCUT2D eigenvalue weighted by Crippen LogP contribution is -2.40. The van der Waals surface area contributed by atoms with E-state index < -0.39 is 0 Å². The molecule has 1 aliphatic heterocycles. The lowest BCUT2D eigenvalue weighted by atomic mass is 9.91. The van der Waals surface area contributed by atoms with Crippen molar-refractivity contribution in [1.29, 1.82) is 0 Å². The second kappa shape index (κ2) is 8.47. The van der Waals surface area contributed by atoms with Crippen molar-refractivity contribution in [2.45, 2.75) is 58.4 Å². The average Bonchev–Trinajstić information content (AvgIpc) is 3.31. The van der Waals surface area contributed by atoms with E-state index in [1.165, 1.54) is 0 Å². The van der Waals surface area contributed by atoms with E-state index in [-0.39, 0.29) is 23.3 Å². The highest BCUT2D eigenvalue weighted by molar-refractivity contribution is 7.08. The van der Waals surface area contributed by atoms with E-state index in [1.807, 2.05) is 32.5 Å². The van der Waals surface area contributed by atoms with Crippen LogP contribution in [0.5, 0.6) is 0 Å². The molecule has 0 aromatic carbocycles. The molecule has 0 radical (unpaired) electrons. The molecule has 2 aromatic heterocycles. The first kappa shape index (κ1) is 20.6. The Bertz CT molecular complexity index is 813. The minimum atomic E-state index is -0.380. The molecule has 1 aliphatic rings. The lowest BCUT2D eigenvalue weighted by molar-refractivity contribution is -0.131. The largest absolute Gasteiger partial charge is 0.461 e. The van der Waals surface area contributed by atoms with Gasteiger partial charge in [-0.3, -0.25) is 9.48 Å². The number of aromatic nitrogens is 2. The summed E-state index contributed by atoms with van der Waals surface area (Å²) in [5.41, 5.74) is 2.34. The van der Waals surface area contributed by atoms with Crippen LogP contribution < -0.4 is 0 Å². The van der Waals surface area contributed by atoms with Crippen molar-refractivity contribution in [2.75, 3.05) is 19.7 Å². The van der Waals surface area contributed by atoms with Crippen LogP contribution in [0.4, 0.5) is 0 Å². The van der Waals surface area contributed by atoms with Crippen LogP contribution in [0.3, 0.4) is 0 Å². The number of amides is 1. The van der Waals surface area contributed by atoms with Gasteiger partial charge in [-0.15, -0.1) is 0 Å². The van der Waals surface area contributed by atoms with E-state index >= 15 is 0 Å². The standard InChI is InChI=1S/C21H29N3O3S/c1-5-27-20(26)17-13-18(21(2,3)4)24(22-17)16-6-9-23(10-7-16)19(25)12-15-8-11-28-14-15/h8,11,13-14,16H,5-7,9-10,12H2,1-4H3. The van der Waals surface area contributed by atoms with Crippen LogP contribution in [0, 0.1) is 0 Å². The number of rotatable bonds is 5. The van der Waals surface area contributed by atoms with Gasteiger partial charge in [-0.25, -0.2) is 4.79 Å². The maximum atomic E-state index is 12.5. The fourth-order valence-electron chi connectivity index (χ4n) is 3.58. The van der Waals surface area contributed by atoms with Crippen molar-refractivity contribution in [1.82, 2.24) is 14.7 Å². The van der Waals surface area contributed by atoms with Gasteiger partial charge in [0.1, 0.15) is 0 Å². The highest BCUT2D eigenvalue weighted by Crippen LogP contribution is 2.31. The number of nitrogens with zero attached hydrogens (tertiary/aromatic N) is 3. The second-order valence-corrected chi connectivity index (χ2v) is 9.03. The minimum Gasteiger partial charge on any atom is -0.461 e. The lowest BCUT2D eigenvalue weighted by Gasteiger charge is -2.34. The number of piperidine rings is 1. The van der Waals surface area contributed by atoms with Gasteiger partial charge in [0.05, 0.1) is 19.1 Å². The third-order valence-electron chi connectivity index (χ3n) is 5.09. The summed E-state index contributed by atoms with van der Waals surface area (Å²) in [4.78, 5) is 26.7. The zero-order valence-electron chi connectivity index (χ0n) is 17.1. The number of hydrogen-bond acceptors (Lipinski definition) is 5. The zero-order valence-corrected chi connectivity index (χ0v) is 17.9. The average molecular weight is 404 g/mol. The molecule has 0 aliphatic carbocycles. The zero-order chi connectivity index (χ0) is 20.3. The molecular formula is C21H29N3O3S. The summed E-state index contributed by atoms with van der Waals surface area (Å²) in [6, 6.07) is 4.04. The van der Waals surface area contributed by atoms with Gasteiger partial charge in [0.25, 0.3) is 0 Å². The van der Waals surface area contributed by atoms with Crippen LogP contribution in [0.25, 0.3) is 0 Å². The monoisotopic (exact) mass is 403 g/mol. The smallest absolute Gasteiger partial charge is 0.358 e. The van der Waals surface area contributed by atoms with Crippen LogP contribution in [0.1, 0.15) is 68.3 Å². The summed E-state index contributed by atoms with van der Waals surface area (Å²) in [6.45, 7) is 9.92. The second-order valence-electron chi connectivity index (χ2n) is 8.25. The van der Waals surface area contributed by atoms with Crippen molar-refractivity contribution < 1.29 is 14.3 Å². The number of likely N-dealkylation sites (tertiary alicyclic amines) is 1. The molecule has 28 heavy (non-hydrogen) atoms. The van der Waals surface area contributed by atoms with Crippen molar-refractivity contribution in [2.24, 2.45) is 0 Å². The molecule has 0 atom stereocenters. The van der Waals surface area contributed by atoms with Gasteiger partial charge in [0, 0.05) is 24.2 Å². The van der Waals surface area contributed by atoms with E-state index in [9.17, 15) is 9.59 Å². The van der Waals surface area contributed by atoms with Gasteiger partial charge in [0.15, 0.2) is 5.69 Å². The summed E-state index contributed by atoms with van der Waals surface area (Å²) >= 11 is 1.62. The number of hydrogen-bond donors (Lipinski definition) is 0. The Morgan fingerprint density at radius 2 is 2.00 bits per heavy atom. The Balaban J connectivity index is 1.70. The van der Waals surface area contributed by atoms with Gasteiger partial charge in [0.2, 0.25) is 5.91 Å². The van der Waals surface area contributed by atoms with Crippen molar-refractivity contribution in [3.63, 3.8) is 0 Å². The molecule has 1 amide bonds. The molecule has 1 fully saturated rings. The molecule has 0 unspecified atom stereocenters. The highest BCUT2D eigenvalue weighted by atomic mass is 32.1. The van der Waals surface area contributed by atoms with Crippen LogP contribution in [0.15, 0.2) is 22.9 Å². The van der Waals surface area contributed by atoms with E-state index in [2.05, 4.69) is 25.9 Å². The molecule has 3 rings (SSSR count). The molecule has 0 bridgehead atoms. The molecule has 7 heteroatoms. The van der Waals surface area contributed by atoms with Crippen LogP contribution in [-0.4, -0.2) is 46.3 Å². The summed E-state index contributed by atoms with van der Waals surface area (Å²) in [5, 5.41) is 8.62. The van der Waals surface area contributed by atoms with E-state index in [4.69, 9.17) is 4.74 Å². The molecular weight excluding hydrogens is 374 g/mol. The third-order valence-corrected chi connectivity index (χ3v) is 5.82.